The maximum atomic E-state index is 11.4. The SMILES string of the molecule is [B]C1(C)OC(=O)Nc2c([C](C)=[V])c[c-]cc21.[CH3-].[Rb+]. The second-order valence-electron chi connectivity index (χ2n) is 3.86. The van der Waals surface area contributed by atoms with Crippen LogP contribution in [0, 0.1) is 13.5 Å². The molecule has 2 rings (SSSR count). The van der Waals surface area contributed by atoms with Crippen molar-refractivity contribution < 1.29 is 84.7 Å². The number of ether oxygens (including phenoxy) is 1. The molecule has 2 radical (unpaired) electrons. The molecule has 1 aliphatic heterocycles. The number of hydrogen-bond donors (Lipinski definition) is 1. The third-order valence-corrected chi connectivity index (χ3v) is 2.83. The standard InChI is InChI=1S/C11H9BNO2.CH3.Rb.V/c1-3-7-5-4-6-8-9(7)13-10(14)15-11(8,2)12;;;/h5-6H,1-2H3,(H,13,14);1H3;;/q2*-1;+1;. The predicted molar refractivity (Wildman–Crippen MR) is 64.7 cm³/mol. The number of amides is 1. The molecule has 0 saturated carbocycles. The van der Waals surface area contributed by atoms with Crippen molar-refractivity contribution in [2.75, 3.05) is 5.32 Å². The number of hydrogen-bond acceptors (Lipinski definition) is 2. The molecule has 1 aliphatic rings. The van der Waals surface area contributed by atoms with Crippen LogP contribution in [0.15, 0.2) is 12.1 Å². The fourth-order valence-corrected chi connectivity index (χ4v) is 1.96. The van der Waals surface area contributed by atoms with Crippen LogP contribution in [0.3, 0.4) is 0 Å². The van der Waals surface area contributed by atoms with E-state index in [2.05, 4.69) is 28.4 Å². The summed E-state index contributed by atoms with van der Waals surface area (Å²) in [6.07, 6.45) is -0.529. The van der Waals surface area contributed by atoms with Crippen molar-refractivity contribution in [3.63, 3.8) is 0 Å². The Balaban J connectivity index is 0.00000144. The zero-order valence-corrected chi connectivity index (χ0v) is 17.3. The van der Waals surface area contributed by atoms with Crippen LogP contribution in [0.2, 0.25) is 0 Å². The summed E-state index contributed by atoms with van der Waals surface area (Å²) >= 11 is 2.44. The van der Waals surface area contributed by atoms with Gasteiger partial charge in [-0.2, -0.15) is 0 Å². The van der Waals surface area contributed by atoms with Gasteiger partial charge in [0.25, 0.3) is 0 Å². The minimum Gasteiger partial charge on any atom is -0.358 e. The quantitative estimate of drug-likeness (QED) is 0.518. The Labute approximate surface area is 167 Å². The summed E-state index contributed by atoms with van der Waals surface area (Å²) in [6, 6.07) is 6.54. The largest absolute Gasteiger partial charge is 1.00 e. The Morgan fingerprint density at radius 1 is 1.56 bits per heavy atom. The number of carbonyl (C=O) groups is 1. The van der Waals surface area contributed by atoms with Crippen LogP contribution in [-0.4, -0.2) is 18.2 Å². The molecule has 87 valence electrons. The molecule has 1 aromatic carbocycles. The van der Waals surface area contributed by atoms with Crippen LogP contribution in [-0.2, 0) is 27.2 Å². The zero-order valence-electron chi connectivity index (χ0n) is 11.0. The van der Waals surface area contributed by atoms with Crippen molar-refractivity contribution in [2.24, 2.45) is 0 Å². The van der Waals surface area contributed by atoms with Crippen molar-refractivity contribution in [2.45, 2.75) is 19.3 Å². The van der Waals surface area contributed by atoms with Gasteiger partial charge in [0.05, 0.1) is 0 Å². The second kappa shape index (κ2) is 7.00. The molecule has 1 amide bonds. The van der Waals surface area contributed by atoms with E-state index in [1.807, 2.05) is 13.0 Å². The molecular weight excluding hydrogens is 337 g/mol. The second-order valence-corrected chi connectivity index (χ2v) is 4.91. The van der Waals surface area contributed by atoms with E-state index in [4.69, 9.17) is 12.6 Å². The number of rotatable bonds is 1. The summed E-state index contributed by atoms with van der Waals surface area (Å²) in [7, 11) is 5.93. The van der Waals surface area contributed by atoms with Crippen LogP contribution >= 0.6 is 0 Å². The Kier molecular flexibility index (Phi) is 7.32. The molecule has 1 aromatic rings. The van der Waals surface area contributed by atoms with E-state index in [0.29, 0.717) is 5.69 Å². The summed E-state index contributed by atoms with van der Waals surface area (Å²) in [4.78, 5) is 11.4. The molecule has 18 heavy (non-hydrogen) atoms. The van der Waals surface area contributed by atoms with Gasteiger partial charge in [-0.05, 0) is 0 Å². The Hall–Kier alpha value is 0.815. The molecular formula is C12H12BNO2RbV-. The molecule has 1 heterocycles. The van der Waals surface area contributed by atoms with Gasteiger partial charge < -0.3 is 7.43 Å². The third kappa shape index (κ3) is 3.68. The molecule has 0 spiro atoms. The average Bonchev–Trinajstić information content (AvgIpc) is 2.15. The van der Waals surface area contributed by atoms with Crippen molar-refractivity contribution in [1.82, 2.24) is 0 Å². The van der Waals surface area contributed by atoms with Gasteiger partial charge in [0.15, 0.2) is 0 Å². The van der Waals surface area contributed by atoms with Crippen molar-refractivity contribution in [1.29, 1.82) is 0 Å². The molecule has 0 aliphatic carbocycles. The van der Waals surface area contributed by atoms with Gasteiger partial charge in [-0.3, -0.25) is 0 Å². The van der Waals surface area contributed by atoms with Crippen LogP contribution in [0.4, 0.5) is 10.5 Å². The van der Waals surface area contributed by atoms with Crippen molar-refractivity contribution >= 4 is 23.9 Å². The molecule has 1 atom stereocenters. The number of benzene rings is 1. The van der Waals surface area contributed by atoms with E-state index >= 15 is 0 Å². The van der Waals surface area contributed by atoms with Crippen LogP contribution in [0.25, 0.3) is 0 Å². The minimum absolute atomic E-state index is 0. The summed E-state index contributed by atoms with van der Waals surface area (Å²) < 4.78 is 6.05. The minimum atomic E-state index is -1.10. The van der Waals surface area contributed by atoms with E-state index in [-0.39, 0.29) is 65.6 Å². The first-order chi connectivity index (χ1) is 7.42. The smallest absolute Gasteiger partial charge is 0.358 e. The van der Waals surface area contributed by atoms with Gasteiger partial charge >= 0.3 is 163 Å². The van der Waals surface area contributed by atoms with Gasteiger partial charge in [-0.25, -0.2) is 0 Å². The average molecular weight is 349 g/mol. The Morgan fingerprint density at radius 2 is 2.17 bits per heavy atom. The first-order valence-electron chi connectivity index (χ1n) is 4.78. The summed E-state index contributed by atoms with van der Waals surface area (Å²) in [5, 5.41) is 2.67. The summed E-state index contributed by atoms with van der Waals surface area (Å²) in [5.74, 6) is 0. The van der Waals surface area contributed by atoms with Crippen molar-refractivity contribution in [3.8, 4) is 0 Å². The number of nitrogens with one attached hydrogen (secondary N) is 1. The molecule has 1 N–H and O–H groups in total. The number of cyclic esters (lactones) is 1. The normalized spacial score (nSPS) is 20.4. The first kappa shape index (κ1) is 18.8. The summed E-state index contributed by atoms with van der Waals surface area (Å²) in [6.45, 7) is 3.60. The zero-order chi connectivity index (χ0) is 11.9. The Morgan fingerprint density at radius 3 is 2.72 bits per heavy atom. The number of fused-ring (bicyclic) bond motifs is 1. The van der Waals surface area contributed by atoms with Gasteiger partial charge in [0, 0.05) is 0 Å². The van der Waals surface area contributed by atoms with E-state index in [1.54, 1.807) is 13.0 Å². The van der Waals surface area contributed by atoms with Crippen molar-refractivity contribution in [3.05, 3.63) is 36.8 Å². The molecule has 1 unspecified atom stereocenters. The maximum Gasteiger partial charge on any atom is 1.00 e. The van der Waals surface area contributed by atoms with Crippen LogP contribution < -0.4 is 63.5 Å². The summed E-state index contributed by atoms with van der Waals surface area (Å²) in [5.41, 5.74) is 1.24. The van der Waals surface area contributed by atoms with E-state index in [0.717, 1.165) is 15.4 Å². The van der Waals surface area contributed by atoms with Gasteiger partial charge in [-0.1, -0.05) is 0 Å². The predicted octanol–water partition coefficient (Wildman–Crippen LogP) is -1.07. The van der Waals surface area contributed by atoms with Gasteiger partial charge in [0.1, 0.15) is 0 Å². The molecule has 0 bridgehead atoms. The van der Waals surface area contributed by atoms with Gasteiger partial charge in [0.2, 0.25) is 0 Å². The Bertz CT molecular complexity index is 491. The van der Waals surface area contributed by atoms with Crippen LogP contribution in [0.1, 0.15) is 25.0 Å². The number of carbonyl (C=O) groups excluding carboxylic acids is 1. The topological polar surface area (TPSA) is 38.3 Å². The fraction of sp³-hybridized carbons (Fsp3) is 0.250. The molecule has 3 nitrogen and oxygen atoms in total. The third-order valence-electron chi connectivity index (χ3n) is 2.45. The molecule has 0 aromatic heterocycles. The molecule has 0 fully saturated rings. The number of anilines is 1. The first-order valence-corrected chi connectivity index (χ1v) is 5.48. The van der Waals surface area contributed by atoms with E-state index in [9.17, 15) is 4.79 Å². The van der Waals surface area contributed by atoms with Gasteiger partial charge in [-0.15, -0.1) is 0 Å². The van der Waals surface area contributed by atoms with Crippen LogP contribution in [0.5, 0.6) is 0 Å². The van der Waals surface area contributed by atoms with E-state index in [1.165, 1.54) is 0 Å². The molecule has 0 saturated heterocycles. The van der Waals surface area contributed by atoms with E-state index < -0.39 is 11.6 Å². The monoisotopic (exact) mass is 349 g/mol. The molecule has 6 heteroatoms. The maximum absolute atomic E-state index is 11.4. The fourth-order valence-electron chi connectivity index (χ4n) is 1.68.